The number of ether oxygens (including phenoxy) is 1. The third-order valence-corrected chi connectivity index (χ3v) is 9.46. The first-order valence-electron chi connectivity index (χ1n) is 14.2. The third kappa shape index (κ3) is 8.29. The Bertz CT molecular complexity index is 1420. The Morgan fingerprint density at radius 3 is 2.14 bits per heavy atom. The minimum absolute atomic E-state index is 0.0515. The van der Waals surface area contributed by atoms with Gasteiger partial charge in [0.15, 0.2) is 0 Å². The van der Waals surface area contributed by atoms with Gasteiger partial charge in [0.2, 0.25) is 11.8 Å². The summed E-state index contributed by atoms with van der Waals surface area (Å²) >= 11 is 1.50. The summed E-state index contributed by atoms with van der Waals surface area (Å²) in [7, 11) is -4.20. The van der Waals surface area contributed by atoms with Gasteiger partial charge in [0, 0.05) is 17.5 Å². The number of anilines is 1. The molecule has 3 aromatic rings. The van der Waals surface area contributed by atoms with Crippen LogP contribution in [0.25, 0.3) is 0 Å². The first-order valence-corrected chi connectivity index (χ1v) is 16.8. The third-order valence-electron chi connectivity index (χ3n) is 6.94. The second-order valence-corrected chi connectivity index (χ2v) is 12.6. The van der Waals surface area contributed by atoms with Gasteiger partial charge in [-0.1, -0.05) is 56.3 Å². The van der Waals surface area contributed by atoms with Crippen molar-refractivity contribution in [3.05, 3.63) is 84.4 Å². The normalized spacial score (nSPS) is 12.7. The Hall–Kier alpha value is -3.50. The molecule has 0 saturated carbocycles. The van der Waals surface area contributed by atoms with Crippen molar-refractivity contribution >= 4 is 39.3 Å². The number of nitrogens with zero attached hydrogens (tertiary/aromatic N) is 2. The molecule has 0 aliphatic rings. The summed E-state index contributed by atoms with van der Waals surface area (Å²) in [5, 5.41) is 2.99. The monoisotopic (exact) mass is 611 g/mol. The minimum atomic E-state index is -4.20. The van der Waals surface area contributed by atoms with Crippen LogP contribution in [0.3, 0.4) is 0 Å². The molecular formula is C32H41N3O5S2. The van der Waals surface area contributed by atoms with Crippen molar-refractivity contribution < 1.29 is 22.7 Å². The molecule has 3 rings (SSSR count). The topological polar surface area (TPSA) is 96.0 Å². The Morgan fingerprint density at radius 1 is 0.905 bits per heavy atom. The van der Waals surface area contributed by atoms with E-state index in [-0.39, 0.29) is 29.1 Å². The lowest BCUT2D eigenvalue weighted by atomic mass is 10.1. The molecule has 0 unspecified atom stereocenters. The molecule has 2 amide bonds. The molecule has 2 atom stereocenters. The maximum absolute atomic E-state index is 14.2. The van der Waals surface area contributed by atoms with E-state index in [0.717, 1.165) is 21.2 Å². The van der Waals surface area contributed by atoms with Gasteiger partial charge in [-0.25, -0.2) is 8.42 Å². The van der Waals surface area contributed by atoms with E-state index in [1.807, 2.05) is 64.3 Å². The number of thioether (sulfide) groups is 1. The summed E-state index contributed by atoms with van der Waals surface area (Å²) in [5.74, 6) is -0.429. The number of benzene rings is 3. The summed E-state index contributed by atoms with van der Waals surface area (Å²) in [5.41, 5.74) is 1.08. The van der Waals surface area contributed by atoms with Crippen LogP contribution in [0, 0.1) is 0 Å². The van der Waals surface area contributed by atoms with Gasteiger partial charge in [-0.3, -0.25) is 13.9 Å². The van der Waals surface area contributed by atoms with Crippen LogP contribution in [0.2, 0.25) is 0 Å². The van der Waals surface area contributed by atoms with Crippen LogP contribution in [0.15, 0.2) is 88.7 Å². The zero-order valence-corrected chi connectivity index (χ0v) is 26.6. The molecule has 0 heterocycles. The number of para-hydroxylation sites is 2. The van der Waals surface area contributed by atoms with Gasteiger partial charge in [-0.15, -0.1) is 11.8 Å². The molecule has 8 nitrogen and oxygen atoms in total. The van der Waals surface area contributed by atoms with Gasteiger partial charge >= 0.3 is 0 Å². The average Bonchev–Trinajstić information content (AvgIpc) is 3.00. The highest BCUT2D eigenvalue weighted by atomic mass is 32.2. The van der Waals surface area contributed by atoms with E-state index >= 15 is 0 Å². The molecule has 10 heteroatoms. The number of sulfonamides is 1. The fourth-order valence-electron chi connectivity index (χ4n) is 4.47. The van der Waals surface area contributed by atoms with Crippen molar-refractivity contribution in [1.82, 2.24) is 10.2 Å². The lowest BCUT2D eigenvalue weighted by molar-refractivity contribution is -0.140. The molecule has 42 heavy (non-hydrogen) atoms. The maximum Gasteiger partial charge on any atom is 0.264 e. The summed E-state index contributed by atoms with van der Waals surface area (Å²) < 4.78 is 35.2. The molecule has 0 spiro atoms. The SMILES string of the molecule is CCOc1ccccc1N(CC(=O)N(Cc1ccccc1)[C@H](CC)C(=O)N[C@@H](C)CC)S(=O)(=O)c1ccc(SC)cc1. The van der Waals surface area contributed by atoms with Gasteiger partial charge in [-0.2, -0.15) is 0 Å². The zero-order chi connectivity index (χ0) is 30.7. The lowest BCUT2D eigenvalue weighted by Crippen LogP contribution is -2.53. The predicted octanol–water partition coefficient (Wildman–Crippen LogP) is 5.72. The fraction of sp³-hybridized carbons (Fsp3) is 0.375. The van der Waals surface area contributed by atoms with E-state index in [1.165, 1.54) is 28.8 Å². The number of hydrogen-bond donors (Lipinski definition) is 1. The van der Waals surface area contributed by atoms with Crippen molar-refractivity contribution in [3.63, 3.8) is 0 Å². The van der Waals surface area contributed by atoms with E-state index in [9.17, 15) is 18.0 Å². The first-order chi connectivity index (χ1) is 20.2. The van der Waals surface area contributed by atoms with Crippen molar-refractivity contribution in [3.8, 4) is 5.75 Å². The van der Waals surface area contributed by atoms with Crippen molar-refractivity contribution in [2.45, 2.75) is 69.0 Å². The Morgan fingerprint density at radius 2 is 1.55 bits per heavy atom. The molecule has 0 aromatic heterocycles. The molecule has 0 fully saturated rings. The highest BCUT2D eigenvalue weighted by molar-refractivity contribution is 7.98. The standard InChI is InChI=1S/C32H41N3O5S2/c1-6-24(4)33-32(37)28(7-2)34(22-25-14-10-9-11-15-25)31(36)23-35(29-16-12-13-17-30(29)40-8-3)42(38,39)27-20-18-26(41-5)19-21-27/h9-21,24,28H,6-8,22-23H2,1-5H3,(H,33,37)/t24-,28+/m0/s1. The summed E-state index contributed by atoms with van der Waals surface area (Å²) in [4.78, 5) is 30.1. The molecule has 3 aromatic carbocycles. The fourth-order valence-corrected chi connectivity index (χ4v) is 6.30. The smallest absolute Gasteiger partial charge is 0.264 e. The molecule has 0 radical (unpaired) electrons. The molecule has 0 bridgehead atoms. The lowest BCUT2D eigenvalue weighted by Gasteiger charge is -2.34. The number of carbonyl (C=O) groups excluding carboxylic acids is 2. The van der Waals surface area contributed by atoms with Crippen LogP contribution in [-0.2, 0) is 26.2 Å². The van der Waals surface area contributed by atoms with Gasteiger partial charge in [-0.05, 0) is 74.9 Å². The van der Waals surface area contributed by atoms with Crippen molar-refractivity contribution in [1.29, 1.82) is 0 Å². The van der Waals surface area contributed by atoms with Crippen LogP contribution < -0.4 is 14.4 Å². The molecule has 0 aliphatic carbocycles. The van der Waals surface area contributed by atoms with Gasteiger partial charge in [0.25, 0.3) is 10.0 Å². The molecule has 1 N–H and O–H groups in total. The number of rotatable bonds is 15. The highest BCUT2D eigenvalue weighted by Crippen LogP contribution is 2.33. The van der Waals surface area contributed by atoms with E-state index < -0.39 is 28.5 Å². The number of amides is 2. The quantitative estimate of drug-likeness (QED) is 0.221. The minimum Gasteiger partial charge on any atom is -0.492 e. The zero-order valence-electron chi connectivity index (χ0n) is 24.9. The van der Waals surface area contributed by atoms with Crippen LogP contribution in [0.5, 0.6) is 5.75 Å². The van der Waals surface area contributed by atoms with E-state index in [2.05, 4.69) is 5.32 Å². The largest absolute Gasteiger partial charge is 0.492 e. The van der Waals surface area contributed by atoms with Gasteiger partial charge in [0.05, 0.1) is 17.2 Å². The van der Waals surface area contributed by atoms with Crippen molar-refractivity contribution in [2.24, 2.45) is 0 Å². The number of nitrogens with one attached hydrogen (secondary N) is 1. The Balaban J connectivity index is 2.10. The van der Waals surface area contributed by atoms with Gasteiger partial charge in [0.1, 0.15) is 18.3 Å². The van der Waals surface area contributed by atoms with Crippen LogP contribution >= 0.6 is 11.8 Å². The maximum atomic E-state index is 14.2. The van der Waals surface area contributed by atoms with Gasteiger partial charge < -0.3 is 15.0 Å². The van der Waals surface area contributed by atoms with E-state index in [4.69, 9.17) is 4.74 Å². The second kappa shape index (κ2) is 15.7. The predicted molar refractivity (Wildman–Crippen MR) is 169 cm³/mol. The second-order valence-electron chi connectivity index (χ2n) is 9.84. The highest BCUT2D eigenvalue weighted by Gasteiger charge is 2.35. The molecule has 0 saturated heterocycles. The Kier molecular flexibility index (Phi) is 12.3. The molecule has 226 valence electrons. The Labute approximate surface area is 254 Å². The van der Waals surface area contributed by atoms with Crippen LogP contribution in [0.4, 0.5) is 5.69 Å². The summed E-state index contributed by atoms with van der Waals surface area (Å²) in [6.45, 7) is 7.49. The van der Waals surface area contributed by atoms with E-state index in [1.54, 1.807) is 36.4 Å². The first kappa shape index (κ1) is 33.0. The number of hydrogen-bond acceptors (Lipinski definition) is 6. The molecule has 0 aliphatic heterocycles. The summed E-state index contributed by atoms with van der Waals surface area (Å²) in [6, 6.07) is 21.8. The van der Waals surface area contributed by atoms with Crippen LogP contribution in [-0.4, -0.2) is 56.6 Å². The summed E-state index contributed by atoms with van der Waals surface area (Å²) in [6.07, 6.45) is 3.01. The van der Waals surface area contributed by atoms with Crippen molar-refractivity contribution in [2.75, 3.05) is 23.7 Å². The van der Waals surface area contributed by atoms with Crippen LogP contribution in [0.1, 0.15) is 46.1 Å². The van der Waals surface area contributed by atoms with E-state index in [0.29, 0.717) is 18.8 Å². The average molecular weight is 612 g/mol. The molecular weight excluding hydrogens is 571 g/mol. The number of carbonyl (C=O) groups is 2.